The maximum Gasteiger partial charge on any atom is 0.256 e. The van der Waals surface area contributed by atoms with Gasteiger partial charge in [-0.1, -0.05) is 0 Å². The van der Waals surface area contributed by atoms with Crippen molar-refractivity contribution in [2.24, 2.45) is 0 Å². The number of carbonyl (C=O) groups is 2. The average Bonchev–Trinajstić information content (AvgIpc) is 3.55. The fourth-order valence-electron chi connectivity index (χ4n) is 5.45. The molecule has 4 heterocycles. The van der Waals surface area contributed by atoms with Crippen LogP contribution in [0.3, 0.4) is 0 Å². The first-order chi connectivity index (χ1) is 18.0. The minimum absolute atomic E-state index is 0.00877. The number of benzene rings is 1. The third kappa shape index (κ3) is 5.08. The van der Waals surface area contributed by atoms with E-state index in [2.05, 4.69) is 20.5 Å². The van der Waals surface area contributed by atoms with Gasteiger partial charge >= 0.3 is 0 Å². The molecule has 3 aliphatic rings. The van der Waals surface area contributed by atoms with E-state index in [0.717, 1.165) is 43.9 Å². The van der Waals surface area contributed by atoms with Crippen molar-refractivity contribution >= 4 is 34.8 Å². The van der Waals surface area contributed by atoms with Gasteiger partial charge in [0.25, 0.3) is 11.8 Å². The number of amides is 2. The van der Waals surface area contributed by atoms with Crippen LogP contribution in [-0.4, -0.2) is 81.4 Å². The summed E-state index contributed by atoms with van der Waals surface area (Å²) in [5.74, 6) is -1.05. The first-order valence-corrected chi connectivity index (χ1v) is 13.3. The number of rotatable bonds is 8. The molecule has 1 aromatic heterocycles. The molecule has 0 bridgehead atoms. The molecule has 0 saturated carbocycles. The van der Waals surface area contributed by atoms with E-state index in [1.165, 1.54) is 38.8 Å². The van der Waals surface area contributed by atoms with E-state index >= 15 is 0 Å². The van der Waals surface area contributed by atoms with Crippen LogP contribution < -0.4 is 10.6 Å². The molecule has 9 nitrogen and oxygen atoms in total. The zero-order valence-corrected chi connectivity index (χ0v) is 22.2. The fraction of sp³-hybridized carbons (Fsp3) is 0.500. The number of nitrogens with zero attached hydrogens (tertiary/aromatic N) is 2. The first kappa shape index (κ1) is 26.4. The number of hydrogen-bond acceptors (Lipinski definition) is 6. The fourth-order valence-corrected chi connectivity index (χ4v) is 5.45. The highest BCUT2D eigenvalue weighted by Gasteiger charge is 2.32. The maximum atomic E-state index is 14.9. The molecule has 0 radical (unpaired) electrons. The van der Waals surface area contributed by atoms with Crippen molar-refractivity contribution in [2.45, 2.75) is 58.3 Å². The quantitative estimate of drug-likeness (QED) is 0.267. The summed E-state index contributed by atoms with van der Waals surface area (Å²) in [5.41, 5.74) is 2.47. The Morgan fingerprint density at radius 2 is 1.92 bits per heavy atom. The predicted octanol–water partition coefficient (Wildman–Crippen LogP) is 2.94. The number of fused-ring (bicyclic) bond motifs is 2. The van der Waals surface area contributed by atoms with Crippen LogP contribution in [0.1, 0.15) is 66.0 Å². The second-order valence-corrected chi connectivity index (χ2v) is 11.1. The van der Waals surface area contributed by atoms with Crippen LogP contribution in [0.4, 0.5) is 15.8 Å². The maximum absolute atomic E-state index is 14.9. The molecule has 1 saturated heterocycles. The standard InChI is InChI=1S/C28H36FN5O4/c1-16-21(30-20-7-12-34(26(36)24(16)20)11-6-10-33-8-4-5-9-33)14-18-17-13-19(29)23(15-22(17)31-25(18)35)32-27(37)28(2,3)38/h13-15,27,30,32,37-38H,4-12H2,1-3H3,(H,31,35)/b18-14-. The van der Waals surface area contributed by atoms with Crippen molar-refractivity contribution in [3.63, 3.8) is 0 Å². The molecule has 5 N–H and O–H groups in total. The molecule has 3 aliphatic heterocycles. The summed E-state index contributed by atoms with van der Waals surface area (Å²) in [4.78, 5) is 33.8. The Morgan fingerprint density at radius 3 is 2.63 bits per heavy atom. The van der Waals surface area contributed by atoms with Crippen molar-refractivity contribution in [3.05, 3.63) is 46.0 Å². The molecule has 1 atom stereocenters. The van der Waals surface area contributed by atoms with Crippen molar-refractivity contribution in [2.75, 3.05) is 43.4 Å². The van der Waals surface area contributed by atoms with Crippen molar-refractivity contribution in [3.8, 4) is 0 Å². The lowest BCUT2D eigenvalue weighted by Gasteiger charge is -2.28. The number of anilines is 2. The van der Waals surface area contributed by atoms with Gasteiger partial charge in [0, 0.05) is 36.5 Å². The van der Waals surface area contributed by atoms with E-state index in [1.54, 1.807) is 6.08 Å². The molecule has 1 aromatic carbocycles. The second kappa shape index (κ2) is 10.2. The number of hydrogen-bond donors (Lipinski definition) is 5. The van der Waals surface area contributed by atoms with Crippen LogP contribution in [0.2, 0.25) is 0 Å². The molecule has 1 unspecified atom stereocenters. The van der Waals surface area contributed by atoms with Gasteiger partial charge in [-0.15, -0.1) is 0 Å². The largest absolute Gasteiger partial charge is 0.386 e. The number of nitrogens with one attached hydrogen (secondary N) is 3. The lowest BCUT2D eigenvalue weighted by molar-refractivity contribution is -0.110. The van der Waals surface area contributed by atoms with Crippen LogP contribution in [0, 0.1) is 12.7 Å². The van der Waals surface area contributed by atoms with Gasteiger partial charge < -0.3 is 35.6 Å². The molecule has 38 heavy (non-hydrogen) atoms. The number of aromatic nitrogens is 1. The molecule has 2 aromatic rings. The number of carbonyl (C=O) groups excluding carboxylic acids is 2. The number of halogens is 1. The lowest BCUT2D eigenvalue weighted by Crippen LogP contribution is -2.41. The number of aliphatic hydroxyl groups excluding tert-OH is 1. The molecule has 0 spiro atoms. The highest BCUT2D eigenvalue weighted by molar-refractivity contribution is 6.35. The number of aliphatic hydroxyl groups is 2. The smallest absolute Gasteiger partial charge is 0.256 e. The van der Waals surface area contributed by atoms with E-state index in [-0.39, 0.29) is 23.1 Å². The van der Waals surface area contributed by atoms with Crippen LogP contribution >= 0.6 is 0 Å². The molecule has 1 fully saturated rings. The molecular weight excluding hydrogens is 489 g/mol. The molecular formula is C28H36FN5O4. The molecule has 10 heteroatoms. The zero-order valence-electron chi connectivity index (χ0n) is 22.2. The van der Waals surface area contributed by atoms with Gasteiger partial charge in [0.2, 0.25) is 0 Å². The van der Waals surface area contributed by atoms with Crippen LogP contribution in [0.15, 0.2) is 12.1 Å². The Balaban J connectivity index is 1.35. The Labute approximate surface area is 221 Å². The molecule has 204 valence electrons. The number of H-pyrrole nitrogens is 1. The van der Waals surface area contributed by atoms with Gasteiger partial charge in [-0.25, -0.2) is 4.39 Å². The van der Waals surface area contributed by atoms with Crippen molar-refractivity contribution < 1.29 is 24.2 Å². The minimum atomic E-state index is -1.50. The van der Waals surface area contributed by atoms with E-state index in [1.807, 2.05) is 11.8 Å². The van der Waals surface area contributed by atoms with Gasteiger partial charge in [-0.2, -0.15) is 0 Å². The zero-order chi connectivity index (χ0) is 27.2. The molecule has 5 rings (SSSR count). The van der Waals surface area contributed by atoms with E-state index in [0.29, 0.717) is 35.5 Å². The third-order valence-corrected chi connectivity index (χ3v) is 7.74. The third-order valence-electron chi connectivity index (χ3n) is 7.74. The molecule has 0 aliphatic carbocycles. The highest BCUT2D eigenvalue weighted by Crippen LogP contribution is 2.38. The average molecular weight is 526 g/mol. The van der Waals surface area contributed by atoms with E-state index in [4.69, 9.17) is 0 Å². The summed E-state index contributed by atoms with van der Waals surface area (Å²) in [6.07, 6.45) is 4.43. The Morgan fingerprint density at radius 1 is 1.18 bits per heavy atom. The van der Waals surface area contributed by atoms with Gasteiger partial charge in [0.1, 0.15) is 11.4 Å². The Bertz CT molecular complexity index is 1290. The number of aromatic amines is 1. The summed E-state index contributed by atoms with van der Waals surface area (Å²) >= 11 is 0. The Hall–Kier alpha value is -3.21. The van der Waals surface area contributed by atoms with Gasteiger partial charge in [-0.05, 0) is 83.4 Å². The van der Waals surface area contributed by atoms with Gasteiger partial charge in [0.15, 0.2) is 6.23 Å². The monoisotopic (exact) mass is 525 g/mol. The Kier molecular flexibility index (Phi) is 7.06. The topological polar surface area (TPSA) is 121 Å². The van der Waals surface area contributed by atoms with E-state index < -0.39 is 17.6 Å². The normalized spacial score (nSPS) is 19.6. The highest BCUT2D eigenvalue weighted by atomic mass is 19.1. The van der Waals surface area contributed by atoms with Gasteiger partial charge in [0.05, 0.1) is 22.5 Å². The van der Waals surface area contributed by atoms with Crippen LogP contribution in [0.25, 0.3) is 11.6 Å². The summed E-state index contributed by atoms with van der Waals surface area (Å²) in [5, 5.41) is 25.3. The summed E-state index contributed by atoms with van der Waals surface area (Å²) < 4.78 is 14.9. The molecule has 2 amide bonds. The lowest BCUT2D eigenvalue weighted by atomic mass is 10.0. The van der Waals surface area contributed by atoms with Crippen LogP contribution in [-0.2, 0) is 11.2 Å². The predicted molar refractivity (Wildman–Crippen MR) is 144 cm³/mol. The van der Waals surface area contributed by atoms with E-state index in [9.17, 15) is 24.2 Å². The number of likely N-dealkylation sites (tertiary alicyclic amines) is 1. The van der Waals surface area contributed by atoms with Crippen molar-refractivity contribution in [1.29, 1.82) is 0 Å². The summed E-state index contributed by atoms with van der Waals surface area (Å²) in [6, 6.07) is 2.62. The summed E-state index contributed by atoms with van der Waals surface area (Å²) in [6.45, 7) is 9.35. The first-order valence-electron chi connectivity index (χ1n) is 13.3. The minimum Gasteiger partial charge on any atom is -0.386 e. The van der Waals surface area contributed by atoms with Crippen molar-refractivity contribution in [1.82, 2.24) is 14.8 Å². The van der Waals surface area contributed by atoms with Crippen LogP contribution in [0.5, 0.6) is 0 Å². The summed E-state index contributed by atoms with van der Waals surface area (Å²) in [7, 11) is 0. The second-order valence-electron chi connectivity index (χ2n) is 11.1. The SMILES string of the molecule is Cc1c(/C=C2\C(=O)Nc3cc(NC(O)C(C)(C)O)c(F)cc32)[nH]c2c1C(=O)N(CCCN1CCCC1)CC2. The van der Waals surface area contributed by atoms with Gasteiger partial charge in [-0.3, -0.25) is 9.59 Å².